The molecule has 1 N–H and O–H groups in total. The minimum atomic E-state index is 0.833. The van der Waals surface area contributed by atoms with Crippen LogP contribution >= 0.6 is 0 Å². The first-order valence-corrected chi connectivity index (χ1v) is 13.2. The summed E-state index contributed by atoms with van der Waals surface area (Å²) in [7, 11) is 0. The number of aromatic nitrogens is 1. The third-order valence-electron chi connectivity index (χ3n) is 4.94. The molecule has 0 saturated carbocycles. The van der Waals surface area contributed by atoms with Crippen LogP contribution in [0.1, 0.15) is 100 Å². The Morgan fingerprint density at radius 2 is 1.03 bits per heavy atom. The highest BCUT2D eigenvalue weighted by Crippen LogP contribution is 2.17. The zero-order valence-electron chi connectivity index (χ0n) is 23.8. The number of rotatable bonds is 4. The molecule has 0 unspecified atom stereocenters. The lowest BCUT2D eigenvalue weighted by Crippen LogP contribution is -1.77. The smallest absolute Gasteiger partial charge is 0.0456 e. The fourth-order valence-corrected chi connectivity index (χ4v) is 2.14. The van der Waals surface area contributed by atoms with Crippen LogP contribution in [0.2, 0.25) is 0 Å². The highest BCUT2D eigenvalue weighted by Gasteiger charge is 1.98. The topological polar surface area (TPSA) is 15.8 Å². The zero-order valence-corrected chi connectivity index (χ0v) is 23.8. The van der Waals surface area contributed by atoms with Gasteiger partial charge in [0.25, 0.3) is 0 Å². The van der Waals surface area contributed by atoms with Gasteiger partial charge >= 0.3 is 0 Å². The van der Waals surface area contributed by atoms with Gasteiger partial charge in [-0.05, 0) is 47.8 Å². The molecule has 0 bridgehead atoms. The molecule has 3 rings (SSSR count). The monoisotopic (exact) mass is 453 g/mol. The summed E-state index contributed by atoms with van der Waals surface area (Å²) in [5, 5.41) is 1.36. The number of fused-ring (bicyclic) bond motifs is 1. The maximum atomic E-state index is 3.24. The van der Waals surface area contributed by atoms with Crippen LogP contribution in [0.4, 0.5) is 0 Å². The number of aryl methyl sites for hydroxylation is 2. The van der Waals surface area contributed by atoms with Crippen LogP contribution in [0.15, 0.2) is 60.8 Å². The van der Waals surface area contributed by atoms with Gasteiger partial charge in [-0.2, -0.15) is 0 Å². The molecule has 188 valence electrons. The Balaban J connectivity index is 0. The van der Waals surface area contributed by atoms with E-state index in [9.17, 15) is 0 Å². The molecule has 33 heavy (non-hydrogen) atoms. The van der Waals surface area contributed by atoms with Crippen molar-refractivity contribution in [2.24, 2.45) is 17.8 Å². The average molecular weight is 454 g/mol. The number of hydrogen-bond acceptors (Lipinski definition) is 0. The molecule has 0 aliphatic heterocycles. The number of nitrogens with one attached hydrogen (secondary N) is 1. The normalized spacial score (nSPS) is 9.76. The van der Waals surface area contributed by atoms with Gasteiger partial charge in [0.2, 0.25) is 0 Å². The molecule has 1 nitrogen and oxygen atoms in total. The van der Waals surface area contributed by atoms with E-state index in [1.807, 2.05) is 6.07 Å². The highest BCUT2D eigenvalue weighted by atomic mass is 14.7. The van der Waals surface area contributed by atoms with Gasteiger partial charge in [0.15, 0.2) is 0 Å². The van der Waals surface area contributed by atoms with Crippen molar-refractivity contribution in [3.8, 4) is 0 Å². The van der Waals surface area contributed by atoms with Crippen molar-refractivity contribution in [2.75, 3.05) is 0 Å². The molecular weight excluding hydrogens is 398 g/mol. The first-order chi connectivity index (χ1) is 15.6. The van der Waals surface area contributed by atoms with Crippen LogP contribution in [0.25, 0.3) is 10.9 Å². The van der Waals surface area contributed by atoms with Gasteiger partial charge in [-0.25, -0.2) is 0 Å². The molecule has 0 aliphatic carbocycles. The summed E-state index contributed by atoms with van der Waals surface area (Å²) in [5.74, 6) is 2.60. The number of hydrogen-bond donors (Lipinski definition) is 1. The Kier molecular flexibility index (Phi) is 21.9. The third kappa shape index (κ3) is 20.3. The highest BCUT2D eigenvalue weighted by molar-refractivity contribution is 5.82. The fraction of sp³-hybridized carbons (Fsp3) is 0.562. The Bertz CT molecular complexity index is 755. The van der Waals surface area contributed by atoms with Crippen LogP contribution in [-0.4, -0.2) is 4.98 Å². The molecular formula is C32H55N. The molecule has 3 aromatic rings. The van der Waals surface area contributed by atoms with Crippen molar-refractivity contribution in [2.45, 2.75) is 102 Å². The van der Waals surface area contributed by atoms with E-state index < -0.39 is 0 Å². The lowest BCUT2D eigenvalue weighted by Gasteiger charge is -1.90. The zero-order chi connectivity index (χ0) is 25.6. The third-order valence-corrected chi connectivity index (χ3v) is 4.94. The van der Waals surface area contributed by atoms with Crippen molar-refractivity contribution in [3.63, 3.8) is 0 Å². The van der Waals surface area contributed by atoms with Gasteiger partial charge in [0.1, 0.15) is 0 Å². The maximum absolute atomic E-state index is 3.24. The summed E-state index contributed by atoms with van der Waals surface area (Å²) in [5.41, 5.74) is 4.05. The molecule has 0 amide bonds. The van der Waals surface area contributed by atoms with E-state index in [4.69, 9.17) is 0 Å². The summed E-state index contributed by atoms with van der Waals surface area (Å²) in [6, 6.07) is 18.9. The Hall–Kier alpha value is -2.02. The minimum absolute atomic E-state index is 0.833. The van der Waals surface area contributed by atoms with Gasteiger partial charge in [-0.3, -0.25) is 0 Å². The standard InChI is InChI=1S/C10H11N.C8H10.2C5H12.C4H10/c1-2-8-7-11-10-6-4-3-5-9(8)10;1-2-8-6-4-3-5-7-8;2*1-4-5(2)3;1-4(2)3/h3-7,11H,2H2,1H3;3-7H,2H2,1H3;2*5H,4H2,1-3H3;4H,1-3H3. The Morgan fingerprint density at radius 1 is 0.606 bits per heavy atom. The summed E-state index contributed by atoms with van der Waals surface area (Å²) in [6.07, 6.45) is 6.94. The van der Waals surface area contributed by atoms with Crippen molar-refractivity contribution >= 4 is 10.9 Å². The van der Waals surface area contributed by atoms with Crippen molar-refractivity contribution in [3.05, 3.63) is 71.9 Å². The first kappa shape index (κ1) is 33.2. The number of benzene rings is 2. The second-order valence-electron chi connectivity index (χ2n) is 9.89. The molecule has 0 spiro atoms. The molecule has 0 saturated heterocycles. The Morgan fingerprint density at radius 3 is 1.39 bits per heavy atom. The van der Waals surface area contributed by atoms with Crippen LogP contribution in [0.5, 0.6) is 0 Å². The largest absolute Gasteiger partial charge is 0.361 e. The summed E-state index contributed by atoms with van der Waals surface area (Å²) in [4.78, 5) is 3.24. The van der Waals surface area contributed by atoms with Crippen molar-refractivity contribution in [1.29, 1.82) is 0 Å². The van der Waals surface area contributed by atoms with E-state index in [1.54, 1.807) is 0 Å². The number of para-hydroxylation sites is 1. The first-order valence-electron chi connectivity index (χ1n) is 13.2. The van der Waals surface area contributed by atoms with Gasteiger partial charge < -0.3 is 4.98 Å². The lowest BCUT2D eigenvalue weighted by atomic mass is 10.1. The van der Waals surface area contributed by atoms with E-state index >= 15 is 0 Å². The van der Waals surface area contributed by atoms with Crippen LogP contribution in [-0.2, 0) is 12.8 Å². The van der Waals surface area contributed by atoms with E-state index in [1.165, 1.54) is 34.9 Å². The maximum Gasteiger partial charge on any atom is 0.0456 e. The lowest BCUT2D eigenvalue weighted by molar-refractivity contribution is 0.626. The van der Waals surface area contributed by atoms with E-state index in [0.29, 0.717) is 0 Å². The molecule has 1 heterocycles. The van der Waals surface area contributed by atoms with Crippen LogP contribution in [0.3, 0.4) is 0 Å². The minimum Gasteiger partial charge on any atom is -0.361 e. The predicted octanol–water partition coefficient (Wildman–Crippen LogP) is 10.7. The number of aromatic amines is 1. The van der Waals surface area contributed by atoms with Gasteiger partial charge in [-0.1, -0.05) is 138 Å². The SMILES string of the molecule is CC(C)C.CCC(C)C.CCC(C)C.CCc1c[nH]c2ccccc12.CCc1ccccc1. The fourth-order valence-electron chi connectivity index (χ4n) is 2.14. The molecule has 0 radical (unpaired) electrons. The van der Waals surface area contributed by atoms with Crippen LogP contribution in [0, 0.1) is 17.8 Å². The van der Waals surface area contributed by atoms with Gasteiger partial charge in [0, 0.05) is 17.1 Å². The molecule has 2 aromatic carbocycles. The second kappa shape index (κ2) is 21.8. The molecule has 1 heteroatoms. The second-order valence-corrected chi connectivity index (χ2v) is 9.89. The summed E-state index contributed by atoms with van der Waals surface area (Å²) >= 11 is 0. The Labute approximate surface area is 207 Å². The van der Waals surface area contributed by atoms with Crippen molar-refractivity contribution in [1.82, 2.24) is 4.98 Å². The molecule has 0 fully saturated rings. The van der Waals surface area contributed by atoms with Crippen molar-refractivity contribution < 1.29 is 0 Å². The quantitative estimate of drug-likeness (QED) is 0.404. The van der Waals surface area contributed by atoms with Gasteiger partial charge in [-0.15, -0.1) is 0 Å². The van der Waals surface area contributed by atoms with E-state index in [0.717, 1.165) is 30.6 Å². The van der Waals surface area contributed by atoms with E-state index in [2.05, 4.69) is 136 Å². The average Bonchev–Trinajstić information content (AvgIpc) is 3.23. The summed E-state index contributed by atoms with van der Waals surface area (Å²) < 4.78 is 0. The van der Waals surface area contributed by atoms with Crippen LogP contribution < -0.4 is 0 Å². The summed E-state index contributed by atoms with van der Waals surface area (Å²) in [6.45, 7) is 24.1. The molecule has 1 aromatic heterocycles. The molecule has 0 aliphatic rings. The molecule has 0 atom stereocenters. The van der Waals surface area contributed by atoms with E-state index in [-0.39, 0.29) is 0 Å². The van der Waals surface area contributed by atoms with Gasteiger partial charge in [0.05, 0.1) is 0 Å². The predicted molar refractivity (Wildman–Crippen MR) is 154 cm³/mol. The number of H-pyrrole nitrogens is 1.